The van der Waals surface area contributed by atoms with Crippen molar-refractivity contribution in [2.24, 2.45) is 5.92 Å². The number of aromatic nitrogens is 1. The summed E-state index contributed by atoms with van der Waals surface area (Å²) in [6.45, 7) is 7.24. The molecule has 1 unspecified atom stereocenters. The third-order valence-electron chi connectivity index (χ3n) is 3.53. The minimum absolute atomic E-state index is 0.144. The molecule has 24 heavy (non-hydrogen) atoms. The number of nitrogens with zero attached hydrogens (tertiary/aromatic N) is 2. The summed E-state index contributed by atoms with van der Waals surface area (Å²) < 4.78 is 10.7. The third kappa shape index (κ3) is 4.33. The minimum atomic E-state index is -0.144. The van der Waals surface area contributed by atoms with E-state index >= 15 is 0 Å². The Kier molecular flexibility index (Phi) is 6.33. The van der Waals surface area contributed by atoms with E-state index in [0.717, 1.165) is 16.1 Å². The van der Waals surface area contributed by atoms with Crippen LogP contribution < -0.4 is 4.74 Å². The maximum Gasteiger partial charge on any atom is 0.293 e. The number of ether oxygens (including phenoxy) is 2. The van der Waals surface area contributed by atoms with Crippen LogP contribution in [0.1, 0.15) is 41.5 Å². The topological polar surface area (TPSA) is 72.2 Å². The first kappa shape index (κ1) is 18.0. The molecular formula is C18H20N2O3S. The number of carbonyl (C=O) groups excluding carboxylic acids is 1. The first-order valence-electron chi connectivity index (χ1n) is 7.68. The Balaban J connectivity index is 2.34. The van der Waals surface area contributed by atoms with Crippen LogP contribution >= 0.6 is 11.3 Å². The number of carbonyl (C=O) groups is 1. The number of hydrogen-bond acceptors (Lipinski definition) is 6. The fraction of sp³-hybridized carbons (Fsp3) is 0.389. The summed E-state index contributed by atoms with van der Waals surface area (Å²) in [4.78, 5) is 15.9. The van der Waals surface area contributed by atoms with Crippen molar-refractivity contribution in [1.29, 1.82) is 5.26 Å². The van der Waals surface area contributed by atoms with E-state index in [1.807, 2.05) is 13.0 Å². The average Bonchev–Trinajstić information content (AvgIpc) is 2.99. The summed E-state index contributed by atoms with van der Waals surface area (Å²) in [6, 6.07) is 7.70. The van der Waals surface area contributed by atoms with E-state index in [4.69, 9.17) is 9.47 Å². The van der Waals surface area contributed by atoms with Gasteiger partial charge in [0.1, 0.15) is 18.4 Å². The van der Waals surface area contributed by atoms with Crippen molar-refractivity contribution >= 4 is 17.8 Å². The second-order valence-corrected chi connectivity index (χ2v) is 6.74. The lowest BCUT2D eigenvalue weighted by Crippen LogP contribution is -2.10. The van der Waals surface area contributed by atoms with E-state index in [0.29, 0.717) is 30.3 Å². The Labute approximate surface area is 145 Å². The van der Waals surface area contributed by atoms with Crippen LogP contribution in [-0.2, 0) is 9.53 Å². The van der Waals surface area contributed by atoms with Crippen molar-refractivity contribution in [2.45, 2.75) is 26.7 Å². The van der Waals surface area contributed by atoms with Gasteiger partial charge in [0.15, 0.2) is 0 Å². The lowest BCUT2D eigenvalue weighted by Gasteiger charge is -2.17. The molecule has 5 nitrogen and oxygen atoms in total. The highest BCUT2D eigenvalue weighted by Gasteiger charge is 2.21. The average molecular weight is 344 g/mol. The molecule has 0 saturated carbocycles. The van der Waals surface area contributed by atoms with Crippen molar-refractivity contribution in [2.75, 3.05) is 13.2 Å². The third-order valence-corrected chi connectivity index (χ3v) is 4.57. The Morgan fingerprint density at radius 3 is 2.75 bits per heavy atom. The van der Waals surface area contributed by atoms with Crippen LogP contribution in [0.25, 0.3) is 0 Å². The summed E-state index contributed by atoms with van der Waals surface area (Å²) in [5.74, 6) is 0.810. The lowest BCUT2D eigenvalue weighted by molar-refractivity contribution is -0.128. The van der Waals surface area contributed by atoms with Crippen molar-refractivity contribution in [3.8, 4) is 11.8 Å². The first-order chi connectivity index (χ1) is 11.6. The predicted molar refractivity (Wildman–Crippen MR) is 92.2 cm³/mol. The van der Waals surface area contributed by atoms with Crippen LogP contribution in [0.4, 0.5) is 0 Å². The number of thiazole rings is 1. The van der Waals surface area contributed by atoms with E-state index in [-0.39, 0.29) is 12.5 Å². The Morgan fingerprint density at radius 1 is 1.38 bits per heavy atom. The highest BCUT2D eigenvalue weighted by molar-refractivity contribution is 7.09. The van der Waals surface area contributed by atoms with Crippen LogP contribution in [0, 0.1) is 24.2 Å². The smallest absolute Gasteiger partial charge is 0.293 e. The quantitative estimate of drug-likeness (QED) is 0.683. The van der Waals surface area contributed by atoms with E-state index in [1.54, 1.807) is 17.6 Å². The van der Waals surface area contributed by atoms with Gasteiger partial charge in [-0.15, -0.1) is 11.3 Å². The van der Waals surface area contributed by atoms with E-state index < -0.39 is 0 Å². The molecule has 0 amide bonds. The van der Waals surface area contributed by atoms with Gasteiger partial charge in [-0.05, 0) is 30.5 Å². The van der Waals surface area contributed by atoms with Gasteiger partial charge >= 0.3 is 0 Å². The van der Waals surface area contributed by atoms with Gasteiger partial charge in [0.25, 0.3) is 6.47 Å². The first-order valence-corrected chi connectivity index (χ1v) is 8.56. The van der Waals surface area contributed by atoms with Crippen molar-refractivity contribution in [3.05, 3.63) is 45.4 Å². The van der Waals surface area contributed by atoms with Gasteiger partial charge in [0.05, 0.1) is 29.3 Å². The number of benzene rings is 1. The molecule has 0 radical (unpaired) electrons. The van der Waals surface area contributed by atoms with Crippen LogP contribution in [0.5, 0.6) is 5.75 Å². The molecular weight excluding hydrogens is 324 g/mol. The minimum Gasteiger partial charge on any atom is -0.492 e. The highest BCUT2D eigenvalue weighted by atomic mass is 32.1. The Morgan fingerprint density at radius 2 is 2.17 bits per heavy atom. The number of hydrogen-bond donors (Lipinski definition) is 0. The molecule has 2 aromatic rings. The molecule has 1 atom stereocenters. The van der Waals surface area contributed by atoms with E-state index in [2.05, 4.69) is 24.9 Å². The molecule has 126 valence electrons. The standard InChI is InChI=1S/C18H20N2O3S/c1-12(2)8-23-17-5-4-14(6-15(17)7-19)16(9-22-11-21)18-13(3)20-10-24-18/h4-6,10-12,16H,8-9H2,1-3H3. The lowest BCUT2D eigenvalue weighted by atomic mass is 9.95. The largest absolute Gasteiger partial charge is 0.492 e. The van der Waals surface area contributed by atoms with E-state index in [9.17, 15) is 10.1 Å². The van der Waals surface area contributed by atoms with Crippen LogP contribution in [0.15, 0.2) is 23.7 Å². The monoisotopic (exact) mass is 344 g/mol. The molecule has 0 aliphatic rings. The molecule has 0 aliphatic carbocycles. The molecule has 1 heterocycles. The van der Waals surface area contributed by atoms with Crippen LogP contribution in [-0.4, -0.2) is 24.7 Å². The molecule has 1 aromatic heterocycles. The maximum absolute atomic E-state index is 10.6. The molecule has 0 fully saturated rings. The second kappa shape index (κ2) is 8.46. The van der Waals surface area contributed by atoms with Gasteiger partial charge in [-0.1, -0.05) is 19.9 Å². The van der Waals surface area contributed by atoms with Crippen molar-refractivity contribution in [3.63, 3.8) is 0 Å². The Bertz CT molecular complexity index is 734. The summed E-state index contributed by atoms with van der Waals surface area (Å²) in [7, 11) is 0. The van der Waals surface area contributed by atoms with Gasteiger partial charge in [0, 0.05) is 4.88 Å². The van der Waals surface area contributed by atoms with Gasteiger partial charge in [-0.3, -0.25) is 4.79 Å². The summed E-state index contributed by atoms with van der Waals surface area (Å²) in [6.07, 6.45) is 0. The number of rotatable bonds is 8. The zero-order valence-electron chi connectivity index (χ0n) is 14.0. The maximum atomic E-state index is 10.6. The van der Waals surface area contributed by atoms with Gasteiger partial charge in [-0.2, -0.15) is 5.26 Å². The molecule has 0 saturated heterocycles. The van der Waals surface area contributed by atoms with Crippen LogP contribution in [0.2, 0.25) is 0 Å². The summed E-state index contributed by atoms with van der Waals surface area (Å²) in [5.41, 5.74) is 4.05. The van der Waals surface area contributed by atoms with Crippen molar-refractivity contribution in [1.82, 2.24) is 4.98 Å². The molecule has 0 spiro atoms. The fourth-order valence-electron chi connectivity index (χ4n) is 2.34. The predicted octanol–water partition coefficient (Wildman–Crippen LogP) is 3.66. The summed E-state index contributed by atoms with van der Waals surface area (Å²) in [5, 5.41) is 9.42. The molecule has 0 N–H and O–H groups in total. The number of aryl methyl sites for hydroxylation is 1. The van der Waals surface area contributed by atoms with E-state index in [1.165, 1.54) is 11.3 Å². The SMILES string of the molecule is Cc1ncsc1C(COC=O)c1ccc(OCC(C)C)c(C#N)c1. The van der Waals surface area contributed by atoms with Crippen molar-refractivity contribution < 1.29 is 14.3 Å². The zero-order chi connectivity index (χ0) is 17.5. The zero-order valence-corrected chi connectivity index (χ0v) is 14.8. The number of nitriles is 1. The molecule has 0 aliphatic heterocycles. The Hall–Kier alpha value is -2.39. The second-order valence-electron chi connectivity index (χ2n) is 5.86. The molecule has 2 rings (SSSR count). The summed E-state index contributed by atoms with van der Waals surface area (Å²) >= 11 is 1.51. The highest BCUT2D eigenvalue weighted by Crippen LogP contribution is 2.33. The fourth-order valence-corrected chi connectivity index (χ4v) is 3.25. The van der Waals surface area contributed by atoms with Crippen LogP contribution in [0.3, 0.4) is 0 Å². The molecule has 6 heteroatoms. The van der Waals surface area contributed by atoms with Gasteiger partial charge < -0.3 is 9.47 Å². The van der Waals surface area contributed by atoms with Gasteiger partial charge in [-0.25, -0.2) is 4.98 Å². The molecule has 1 aromatic carbocycles. The normalized spacial score (nSPS) is 11.8. The van der Waals surface area contributed by atoms with Gasteiger partial charge in [0.2, 0.25) is 0 Å². The molecule has 0 bridgehead atoms.